The van der Waals surface area contributed by atoms with Crippen molar-refractivity contribution < 1.29 is 4.74 Å². The van der Waals surface area contributed by atoms with Gasteiger partial charge in [0.15, 0.2) is 0 Å². The maximum atomic E-state index is 5.56. The molecule has 0 amide bonds. The zero-order chi connectivity index (χ0) is 8.27. The van der Waals surface area contributed by atoms with Gasteiger partial charge in [0.1, 0.15) is 0 Å². The third-order valence-electron chi connectivity index (χ3n) is 1.89. The second-order valence-electron chi connectivity index (χ2n) is 3.23. The van der Waals surface area contributed by atoms with E-state index in [0.717, 1.165) is 17.0 Å². The van der Waals surface area contributed by atoms with Gasteiger partial charge in [-0.05, 0) is 26.7 Å². The number of halogens is 1. The first-order chi connectivity index (χ1) is 5.20. The van der Waals surface area contributed by atoms with Gasteiger partial charge in [0.2, 0.25) is 0 Å². The van der Waals surface area contributed by atoms with E-state index < -0.39 is 0 Å². The van der Waals surface area contributed by atoms with Gasteiger partial charge in [-0.1, -0.05) is 34.2 Å². The summed E-state index contributed by atoms with van der Waals surface area (Å²) in [6.45, 7) is 5.23. The molecule has 1 rings (SSSR count). The Kier molecular flexibility index (Phi) is 3.85. The van der Waals surface area contributed by atoms with Crippen LogP contribution in [0.25, 0.3) is 0 Å². The average Bonchev–Trinajstić information content (AvgIpc) is 2.31. The molecule has 0 bridgehead atoms. The summed E-state index contributed by atoms with van der Waals surface area (Å²) < 4.78 is 6.29. The first-order valence-corrected chi connectivity index (χ1v) is 5.33. The van der Waals surface area contributed by atoms with Crippen molar-refractivity contribution >= 4 is 22.6 Å². The van der Waals surface area contributed by atoms with Gasteiger partial charge >= 0.3 is 0 Å². The Labute approximate surface area is 82.3 Å². The van der Waals surface area contributed by atoms with Gasteiger partial charge in [-0.15, -0.1) is 0 Å². The molecule has 1 nitrogen and oxygen atoms in total. The number of ether oxygens (including phenoxy) is 1. The molecular formula is C9H15IO. The van der Waals surface area contributed by atoms with Gasteiger partial charge in [-0.3, -0.25) is 0 Å². The highest BCUT2D eigenvalue weighted by Gasteiger charge is 2.24. The second kappa shape index (κ2) is 4.45. The van der Waals surface area contributed by atoms with Crippen molar-refractivity contribution in [3.8, 4) is 0 Å². The molecule has 1 saturated heterocycles. The number of allylic oxidation sites excluding steroid dienone is 1. The molecule has 0 aliphatic carbocycles. The Morgan fingerprint density at radius 2 is 2.36 bits per heavy atom. The van der Waals surface area contributed by atoms with E-state index in [2.05, 4.69) is 42.5 Å². The molecule has 0 saturated carbocycles. The van der Waals surface area contributed by atoms with Gasteiger partial charge in [-0.2, -0.15) is 0 Å². The van der Waals surface area contributed by atoms with E-state index in [1.54, 1.807) is 0 Å². The fourth-order valence-corrected chi connectivity index (χ4v) is 1.95. The molecule has 2 atom stereocenters. The standard InChI is InChI=1S/C9H15IO/c1-7(2)3-4-9-8(10)5-6-11-9/h3,8-9H,4-6H2,1-2H3/t8-,9-/m0/s1. The van der Waals surface area contributed by atoms with Crippen molar-refractivity contribution in [2.45, 2.75) is 36.7 Å². The third-order valence-corrected chi connectivity index (χ3v) is 3.31. The SMILES string of the molecule is CC(C)=CC[C@@H]1OCC[C@@H]1I. The van der Waals surface area contributed by atoms with E-state index in [-0.39, 0.29) is 0 Å². The summed E-state index contributed by atoms with van der Waals surface area (Å²) in [6, 6.07) is 0. The molecule has 0 N–H and O–H groups in total. The van der Waals surface area contributed by atoms with E-state index in [1.165, 1.54) is 12.0 Å². The Balaban J connectivity index is 2.31. The fourth-order valence-electron chi connectivity index (χ4n) is 1.19. The van der Waals surface area contributed by atoms with Crippen LogP contribution in [0.5, 0.6) is 0 Å². The monoisotopic (exact) mass is 266 g/mol. The topological polar surface area (TPSA) is 9.23 Å². The molecule has 64 valence electrons. The van der Waals surface area contributed by atoms with Crippen LogP contribution >= 0.6 is 22.6 Å². The van der Waals surface area contributed by atoms with Gasteiger partial charge in [0, 0.05) is 10.5 Å². The summed E-state index contributed by atoms with van der Waals surface area (Å²) in [4.78, 5) is 0. The lowest BCUT2D eigenvalue weighted by Crippen LogP contribution is -2.13. The maximum Gasteiger partial charge on any atom is 0.0727 e. The summed E-state index contributed by atoms with van der Waals surface area (Å²) in [5.74, 6) is 0. The minimum Gasteiger partial charge on any atom is -0.377 e. The van der Waals surface area contributed by atoms with Crippen LogP contribution in [0.15, 0.2) is 11.6 Å². The van der Waals surface area contributed by atoms with Crippen molar-refractivity contribution in [2.75, 3.05) is 6.61 Å². The van der Waals surface area contributed by atoms with E-state index in [1.807, 2.05) is 0 Å². The van der Waals surface area contributed by atoms with E-state index in [0.29, 0.717) is 6.10 Å². The van der Waals surface area contributed by atoms with Crippen LogP contribution in [-0.2, 0) is 4.74 Å². The fraction of sp³-hybridized carbons (Fsp3) is 0.778. The summed E-state index contributed by atoms with van der Waals surface area (Å²) >= 11 is 2.49. The van der Waals surface area contributed by atoms with Crippen molar-refractivity contribution in [3.63, 3.8) is 0 Å². The number of rotatable bonds is 2. The van der Waals surface area contributed by atoms with E-state index in [4.69, 9.17) is 4.74 Å². The van der Waals surface area contributed by atoms with E-state index in [9.17, 15) is 0 Å². The van der Waals surface area contributed by atoms with Crippen LogP contribution in [0.1, 0.15) is 26.7 Å². The van der Waals surface area contributed by atoms with E-state index >= 15 is 0 Å². The van der Waals surface area contributed by atoms with Gasteiger partial charge in [-0.25, -0.2) is 0 Å². The van der Waals surface area contributed by atoms with Gasteiger partial charge in [0.05, 0.1) is 6.10 Å². The Morgan fingerprint density at radius 3 is 2.82 bits per heavy atom. The third kappa shape index (κ3) is 3.11. The van der Waals surface area contributed by atoms with Crippen LogP contribution in [0, 0.1) is 0 Å². The predicted octanol–water partition coefficient (Wildman–Crippen LogP) is 2.94. The predicted molar refractivity (Wildman–Crippen MR) is 56.2 cm³/mol. The molecule has 1 aliphatic heterocycles. The summed E-state index contributed by atoms with van der Waals surface area (Å²) in [7, 11) is 0. The Morgan fingerprint density at radius 1 is 1.64 bits per heavy atom. The molecular weight excluding hydrogens is 251 g/mol. The van der Waals surface area contributed by atoms with Crippen molar-refractivity contribution in [1.29, 1.82) is 0 Å². The van der Waals surface area contributed by atoms with Crippen molar-refractivity contribution in [2.24, 2.45) is 0 Å². The van der Waals surface area contributed by atoms with Crippen molar-refractivity contribution in [1.82, 2.24) is 0 Å². The smallest absolute Gasteiger partial charge is 0.0727 e. The van der Waals surface area contributed by atoms with Crippen LogP contribution in [0.2, 0.25) is 0 Å². The van der Waals surface area contributed by atoms with Crippen LogP contribution < -0.4 is 0 Å². The largest absolute Gasteiger partial charge is 0.377 e. The Hall–Kier alpha value is 0.430. The zero-order valence-corrected chi connectivity index (χ0v) is 9.30. The maximum absolute atomic E-state index is 5.56. The zero-order valence-electron chi connectivity index (χ0n) is 7.14. The number of hydrogen-bond donors (Lipinski definition) is 0. The highest BCUT2D eigenvalue weighted by molar-refractivity contribution is 14.1. The molecule has 0 unspecified atom stereocenters. The molecule has 1 heterocycles. The Bertz CT molecular complexity index is 150. The van der Waals surface area contributed by atoms with Crippen molar-refractivity contribution in [3.05, 3.63) is 11.6 Å². The molecule has 0 radical (unpaired) electrons. The van der Waals surface area contributed by atoms with Crippen LogP contribution in [0.4, 0.5) is 0 Å². The normalized spacial score (nSPS) is 30.5. The van der Waals surface area contributed by atoms with Gasteiger partial charge < -0.3 is 4.74 Å². The van der Waals surface area contributed by atoms with Gasteiger partial charge in [0.25, 0.3) is 0 Å². The average molecular weight is 266 g/mol. The van der Waals surface area contributed by atoms with Crippen LogP contribution in [-0.4, -0.2) is 16.6 Å². The first-order valence-electron chi connectivity index (χ1n) is 4.09. The minimum atomic E-state index is 0.477. The first kappa shape index (κ1) is 9.52. The summed E-state index contributed by atoms with van der Waals surface area (Å²) in [5, 5.41) is 0. The highest BCUT2D eigenvalue weighted by atomic mass is 127. The molecule has 1 fully saturated rings. The lowest BCUT2D eigenvalue weighted by molar-refractivity contribution is 0.116. The molecule has 1 aliphatic rings. The van der Waals surface area contributed by atoms with Crippen LogP contribution in [0.3, 0.4) is 0 Å². The second-order valence-corrected chi connectivity index (χ2v) is 4.83. The molecule has 0 aromatic rings. The highest BCUT2D eigenvalue weighted by Crippen LogP contribution is 2.24. The summed E-state index contributed by atoms with van der Waals surface area (Å²) in [5.41, 5.74) is 1.39. The molecule has 0 aromatic heterocycles. The molecule has 0 spiro atoms. The number of hydrogen-bond acceptors (Lipinski definition) is 1. The molecule has 2 heteroatoms. The summed E-state index contributed by atoms with van der Waals surface area (Å²) in [6.07, 6.45) is 5.06. The quantitative estimate of drug-likeness (QED) is 0.424. The number of alkyl halides is 1. The lowest BCUT2D eigenvalue weighted by Gasteiger charge is -2.10. The molecule has 11 heavy (non-hydrogen) atoms. The minimum absolute atomic E-state index is 0.477. The lowest BCUT2D eigenvalue weighted by atomic mass is 10.1. The molecule has 0 aromatic carbocycles.